The van der Waals surface area contributed by atoms with Crippen LogP contribution in [0, 0.1) is 0 Å². The minimum atomic E-state index is -0.108. The highest BCUT2D eigenvalue weighted by atomic mass is 16.2. The SMILES string of the molecule is NCC1c2ccccc2CCN1C(=O)c1cnccn1. The highest BCUT2D eigenvalue weighted by Crippen LogP contribution is 2.29. The van der Waals surface area contributed by atoms with Crippen molar-refractivity contribution in [1.29, 1.82) is 0 Å². The lowest BCUT2D eigenvalue weighted by Gasteiger charge is -2.36. The van der Waals surface area contributed by atoms with Crippen LogP contribution in [0.4, 0.5) is 0 Å². The molecule has 2 aromatic rings. The predicted octanol–water partition coefficient (Wildman–Crippen LogP) is 1.17. The molecule has 0 fully saturated rings. The van der Waals surface area contributed by atoms with E-state index in [9.17, 15) is 4.79 Å². The van der Waals surface area contributed by atoms with E-state index in [-0.39, 0.29) is 11.9 Å². The maximum atomic E-state index is 12.5. The minimum Gasteiger partial charge on any atom is -0.329 e. The molecule has 1 aromatic heterocycles. The molecule has 1 aliphatic rings. The summed E-state index contributed by atoms with van der Waals surface area (Å²) in [6.07, 6.45) is 5.43. The van der Waals surface area contributed by atoms with Gasteiger partial charge in [-0.05, 0) is 17.5 Å². The van der Waals surface area contributed by atoms with Crippen LogP contribution in [0.1, 0.15) is 27.7 Å². The Bertz CT molecular complexity index is 614. The first-order valence-corrected chi connectivity index (χ1v) is 6.66. The van der Waals surface area contributed by atoms with Crippen molar-refractivity contribution in [1.82, 2.24) is 14.9 Å². The Balaban J connectivity index is 1.94. The number of amides is 1. The van der Waals surface area contributed by atoms with Gasteiger partial charge in [-0.15, -0.1) is 0 Å². The standard InChI is InChI=1S/C15H16N4O/c16-9-14-12-4-2-1-3-11(12)5-8-19(14)15(20)13-10-17-6-7-18-13/h1-4,6-7,10,14H,5,8-9,16H2. The fraction of sp³-hybridized carbons (Fsp3) is 0.267. The lowest BCUT2D eigenvalue weighted by atomic mass is 9.92. The van der Waals surface area contributed by atoms with Crippen molar-refractivity contribution in [2.75, 3.05) is 13.1 Å². The summed E-state index contributed by atoms with van der Waals surface area (Å²) in [5.41, 5.74) is 8.67. The summed E-state index contributed by atoms with van der Waals surface area (Å²) in [6.45, 7) is 1.07. The van der Waals surface area contributed by atoms with E-state index in [2.05, 4.69) is 16.0 Å². The van der Waals surface area contributed by atoms with E-state index in [0.29, 0.717) is 18.8 Å². The molecule has 0 bridgehead atoms. The third kappa shape index (κ3) is 2.16. The lowest BCUT2D eigenvalue weighted by Crippen LogP contribution is -2.43. The van der Waals surface area contributed by atoms with Crippen molar-refractivity contribution in [2.24, 2.45) is 5.73 Å². The second kappa shape index (κ2) is 5.38. The smallest absolute Gasteiger partial charge is 0.274 e. The Kier molecular flexibility index (Phi) is 3.43. The molecular weight excluding hydrogens is 252 g/mol. The van der Waals surface area contributed by atoms with Gasteiger partial charge in [-0.3, -0.25) is 9.78 Å². The van der Waals surface area contributed by atoms with Crippen molar-refractivity contribution in [3.63, 3.8) is 0 Å². The van der Waals surface area contributed by atoms with E-state index in [1.807, 2.05) is 18.2 Å². The first-order valence-electron chi connectivity index (χ1n) is 6.66. The highest BCUT2D eigenvalue weighted by Gasteiger charge is 2.30. The Labute approximate surface area is 117 Å². The average Bonchev–Trinajstić information content (AvgIpc) is 2.54. The molecule has 3 rings (SSSR count). The number of rotatable bonds is 2. The van der Waals surface area contributed by atoms with E-state index in [1.54, 1.807) is 11.1 Å². The Morgan fingerprint density at radius 1 is 1.35 bits per heavy atom. The quantitative estimate of drug-likeness (QED) is 0.887. The monoisotopic (exact) mass is 268 g/mol. The van der Waals surface area contributed by atoms with Crippen LogP contribution >= 0.6 is 0 Å². The summed E-state index contributed by atoms with van der Waals surface area (Å²) in [5.74, 6) is -0.108. The molecule has 102 valence electrons. The summed E-state index contributed by atoms with van der Waals surface area (Å²) >= 11 is 0. The van der Waals surface area contributed by atoms with E-state index in [4.69, 9.17) is 5.73 Å². The molecular formula is C15H16N4O. The highest BCUT2D eigenvalue weighted by molar-refractivity contribution is 5.92. The van der Waals surface area contributed by atoms with E-state index in [0.717, 1.165) is 12.0 Å². The van der Waals surface area contributed by atoms with Crippen LogP contribution in [0.2, 0.25) is 0 Å². The van der Waals surface area contributed by atoms with Crippen LogP contribution < -0.4 is 5.73 Å². The molecule has 1 unspecified atom stereocenters. The molecule has 0 radical (unpaired) electrons. The van der Waals surface area contributed by atoms with Gasteiger partial charge in [0, 0.05) is 25.5 Å². The normalized spacial score (nSPS) is 17.6. The summed E-state index contributed by atoms with van der Waals surface area (Å²) in [7, 11) is 0. The number of fused-ring (bicyclic) bond motifs is 1. The molecule has 2 heterocycles. The molecule has 0 aliphatic carbocycles. The topological polar surface area (TPSA) is 72.1 Å². The summed E-state index contributed by atoms with van der Waals surface area (Å²) in [6, 6.07) is 8.06. The van der Waals surface area contributed by atoms with Gasteiger partial charge in [0.1, 0.15) is 5.69 Å². The minimum absolute atomic E-state index is 0.0885. The number of hydrogen-bond acceptors (Lipinski definition) is 4. The Hall–Kier alpha value is -2.27. The fourth-order valence-electron chi connectivity index (χ4n) is 2.71. The molecule has 0 saturated heterocycles. The first-order chi connectivity index (χ1) is 9.81. The van der Waals surface area contributed by atoms with E-state index < -0.39 is 0 Å². The molecule has 20 heavy (non-hydrogen) atoms. The number of nitrogens with two attached hydrogens (primary N) is 1. The van der Waals surface area contributed by atoms with Crippen molar-refractivity contribution in [3.8, 4) is 0 Å². The number of hydrogen-bond donors (Lipinski definition) is 1. The maximum Gasteiger partial charge on any atom is 0.274 e. The second-order valence-electron chi connectivity index (χ2n) is 4.79. The Morgan fingerprint density at radius 3 is 2.95 bits per heavy atom. The molecule has 5 heteroatoms. The third-order valence-corrected chi connectivity index (χ3v) is 3.68. The van der Waals surface area contributed by atoms with Crippen LogP contribution in [-0.2, 0) is 6.42 Å². The van der Waals surface area contributed by atoms with Gasteiger partial charge in [-0.1, -0.05) is 24.3 Å². The number of nitrogens with zero attached hydrogens (tertiary/aromatic N) is 3. The van der Waals surface area contributed by atoms with Crippen LogP contribution in [0.3, 0.4) is 0 Å². The van der Waals surface area contributed by atoms with Crippen LogP contribution in [-0.4, -0.2) is 33.9 Å². The largest absolute Gasteiger partial charge is 0.329 e. The molecule has 1 atom stereocenters. The predicted molar refractivity (Wildman–Crippen MR) is 75.0 cm³/mol. The number of carbonyl (C=O) groups is 1. The van der Waals surface area contributed by atoms with Crippen molar-refractivity contribution in [2.45, 2.75) is 12.5 Å². The zero-order chi connectivity index (χ0) is 13.9. The van der Waals surface area contributed by atoms with E-state index >= 15 is 0 Å². The third-order valence-electron chi connectivity index (χ3n) is 3.68. The van der Waals surface area contributed by atoms with Gasteiger partial charge < -0.3 is 10.6 Å². The fourth-order valence-corrected chi connectivity index (χ4v) is 2.71. The zero-order valence-electron chi connectivity index (χ0n) is 11.1. The summed E-state index contributed by atoms with van der Waals surface area (Å²) in [5, 5.41) is 0. The summed E-state index contributed by atoms with van der Waals surface area (Å²) < 4.78 is 0. The van der Waals surface area contributed by atoms with Crippen molar-refractivity contribution in [3.05, 3.63) is 59.7 Å². The molecule has 0 saturated carbocycles. The second-order valence-corrected chi connectivity index (χ2v) is 4.79. The van der Waals surface area contributed by atoms with Crippen LogP contribution in [0.25, 0.3) is 0 Å². The number of aromatic nitrogens is 2. The van der Waals surface area contributed by atoms with Crippen LogP contribution in [0.5, 0.6) is 0 Å². The molecule has 1 amide bonds. The van der Waals surface area contributed by atoms with Crippen LogP contribution in [0.15, 0.2) is 42.9 Å². The molecule has 5 nitrogen and oxygen atoms in total. The molecule has 2 N–H and O–H groups in total. The van der Waals surface area contributed by atoms with Gasteiger partial charge in [-0.25, -0.2) is 4.98 Å². The molecule has 1 aromatic carbocycles. The van der Waals surface area contributed by atoms with Gasteiger partial charge >= 0.3 is 0 Å². The van der Waals surface area contributed by atoms with Gasteiger partial charge in [0.15, 0.2) is 0 Å². The number of benzene rings is 1. The average molecular weight is 268 g/mol. The van der Waals surface area contributed by atoms with Crippen molar-refractivity contribution >= 4 is 5.91 Å². The maximum absolute atomic E-state index is 12.5. The van der Waals surface area contributed by atoms with Crippen molar-refractivity contribution < 1.29 is 4.79 Å². The molecule has 1 aliphatic heterocycles. The number of carbonyl (C=O) groups excluding carboxylic acids is 1. The molecule has 0 spiro atoms. The van der Waals surface area contributed by atoms with Gasteiger partial charge in [0.25, 0.3) is 5.91 Å². The summed E-state index contributed by atoms with van der Waals surface area (Å²) in [4.78, 5) is 22.4. The van der Waals surface area contributed by atoms with Gasteiger partial charge in [0.05, 0.1) is 12.2 Å². The van der Waals surface area contributed by atoms with Gasteiger partial charge in [-0.2, -0.15) is 0 Å². The Morgan fingerprint density at radius 2 is 2.20 bits per heavy atom. The first kappa shape index (κ1) is 12.7. The zero-order valence-corrected chi connectivity index (χ0v) is 11.1. The lowest BCUT2D eigenvalue weighted by molar-refractivity contribution is 0.0661. The van der Waals surface area contributed by atoms with Gasteiger partial charge in [0.2, 0.25) is 0 Å². The van der Waals surface area contributed by atoms with E-state index in [1.165, 1.54) is 18.0 Å².